The molecule has 0 radical (unpaired) electrons. The molecule has 126 valence electrons. The zero-order chi connectivity index (χ0) is 17.6. The number of fused-ring (bicyclic) bond motifs is 1. The Labute approximate surface area is 141 Å². The van der Waals surface area contributed by atoms with E-state index >= 15 is 0 Å². The lowest BCUT2D eigenvalue weighted by molar-refractivity contribution is -0.122. The van der Waals surface area contributed by atoms with Gasteiger partial charge in [0.2, 0.25) is 11.8 Å². The molecule has 3 rings (SSSR count). The van der Waals surface area contributed by atoms with Crippen LogP contribution in [0.5, 0.6) is 5.88 Å². The van der Waals surface area contributed by atoms with Crippen molar-refractivity contribution in [1.29, 1.82) is 0 Å². The number of carbonyl (C=O) groups excluding carboxylic acids is 2. The van der Waals surface area contributed by atoms with Crippen molar-refractivity contribution in [1.82, 2.24) is 10.3 Å². The lowest BCUT2D eigenvalue weighted by atomic mass is 10.2. The first-order valence-corrected chi connectivity index (χ1v) is 7.37. The Morgan fingerprint density at radius 3 is 2.88 bits per heavy atom. The van der Waals surface area contributed by atoms with Gasteiger partial charge in [0.15, 0.2) is 5.69 Å². The second-order valence-electron chi connectivity index (χ2n) is 5.03. The van der Waals surface area contributed by atoms with E-state index in [1.165, 1.54) is 18.4 Å². The number of nitrogens with zero attached hydrogens (tertiary/aromatic N) is 2. The standard InChI is InChI=1S/C17H14N4O4/c22-14(8-7-11-4-3-9-25-11)18-10-15(23)20-21-16-12-5-1-2-6-13(12)19-17(16)24/h1-9,19,24H,10H2,(H,18,22)/b8-7+,21-20?. The Morgan fingerprint density at radius 1 is 1.24 bits per heavy atom. The van der Waals surface area contributed by atoms with E-state index in [-0.39, 0.29) is 18.1 Å². The van der Waals surface area contributed by atoms with Crippen LogP contribution in [0.25, 0.3) is 17.0 Å². The highest BCUT2D eigenvalue weighted by Crippen LogP contribution is 2.35. The molecule has 0 bridgehead atoms. The number of rotatable bonds is 5. The zero-order valence-electron chi connectivity index (χ0n) is 13.0. The first-order valence-electron chi connectivity index (χ1n) is 7.37. The van der Waals surface area contributed by atoms with E-state index in [1.54, 1.807) is 36.4 Å². The van der Waals surface area contributed by atoms with Gasteiger partial charge in [-0.25, -0.2) is 0 Å². The van der Waals surface area contributed by atoms with Crippen LogP contribution in [0.4, 0.5) is 5.69 Å². The van der Waals surface area contributed by atoms with Crippen LogP contribution in [0.1, 0.15) is 5.76 Å². The van der Waals surface area contributed by atoms with Crippen molar-refractivity contribution in [3.05, 3.63) is 54.5 Å². The molecule has 2 aromatic heterocycles. The highest BCUT2D eigenvalue weighted by molar-refractivity contribution is 5.95. The van der Waals surface area contributed by atoms with Crippen molar-refractivity contribution < 1.29 is 19.1 Å². The van der Waals surface area contributed by atoms with Crippen LogP contribution >= 0.6 is 0 Å². The molecule has 0 unspecified atom stereocenters. The third kappa shape index (κ3) is 3.99. The predicted molar refractivity (Wildman–Crippen MR) is 90.2 cm³/mol. The second kappa shape index (κ2) is 7.26. The fraction of sp³-hybridized carbons (Fsp3) is 0.0588. The molecule has 0 aliphatic heterocycles. The summed E-state index contributed by atoms with van der Waals surface area (Å²) >= 11 is 0. The number of amides is 2. The quantitative estimate of drug-likeness (QED) is 0.489. The number of benzene rings is 1. The van der Waals surface area contributed by atoms with Gasteiger partial charge < -0.3 is 19.8 Å². The van der Waals surface area contributed by atoms with Gasteiger partial charge >= 0.3 is 0 Å². The largest absolute Gasteiger partial charge is 0.493 e. The van der Waals surface area contributed by atoms with Crippen molar-refractivity contribution in [2.24, 2.45) is 10.2 Å². The van der Waals surface area contributed by atoms with Crippen LogP contribution in [-0.4, -0.2) is 28.4 Å². The van der Waals surface area contributed by atoms with E-state index in [0.717, 1.165) is 0 Å². The Bertz CT molecular complexity index is 954. The summed E-state index contributed by atoms with van der Waals surface area (Å²) in [5, 5.41) is 20.1. The molecule has 0 fully saturated rings. The fourth-order valence-electron chi connectivity index (χ4n) is 2.12. The van der Waals surface area contributed by atoms with Crippen LogP contribution < -0.4 is 5.32 Å². The summed E-state index contributed by atoms with van der Waals surface area (Å²) < 4.78 is 5.04. The number of furan rings is 1. The number of H-pyrrole nitrogens is 1. The van der Waals surface area contributed by atoms with Gasteiger partial charge in [-0.2, -0.15) is 0 Å². The molecule has 0 spiro atoms. The molecule has 0 atom stereocenters. The average molecular weight is 338 g/mol. The molecule has 2 heterocycles. The first-order chi connectivity index (χ1) is 12.1. The number of hydrogen-bond acceptors (Lipinski definition) is 5. The molecule has 25 heavy (non-hydrogen) atoms. The van der Waals surface area contributed by atoms with Crippen LogP contribution in [0.15, 0.2) is 63.4 Å². The van der Waals surface area contributed by atoms with Crippen LogP contribution in [0.3, 0.4) is 0 Å². The van der Waals surface area contributed by atoms with Crippen molar-refractivity contribution >= 4 is 34.5 Å². The molecule has 3 aromatic rings. The predicted octanol–water partition coefficient (Wildman–Crippen LogP) is 2.91. The Balaban J connectivity index is 1.57. The minimum atomic E-state index is -0.649. The number of nitrogens with one attached hydrogen (secondary N) is 2. The maximum Gasteiger partial charge on any atom is 0.283 e. The summed E-state index contributed by atoms with van der Waals surface area (Å²) in [6.45, 7) is -0.312. The molecule has 8 nitrogen and oxygen atoms in total. The molecule has 1 aromatic carbocycles. The lowest BCUT2D eigenvalue weighted by Gasteiger charge is -1.96. The van der Waals surface area contributed by atoms with E-state index in [2.05, 4.69) is 20.5 Å². The molecule has 0 saturated carbocycles. The minimum absolute atomic E-state index is 0.174. The molecule has 2 amide bonds. The van der Waals surface area contributed by atoms with Gasteiger partial charge in [0.1, 0.15) is 12.3 Å². The van der Waals surface area contributed by atoms with Gasteiger partial charge in [0, 0.05) is 11.5 Å². The zero-order valence-corrected chi connectivity index (χ0v) is 13.0. The number of hydrogen-bond donors (Lipinski definition) is 3. The second-order valence-corrected chi connectivity index (χ2v) is 5.03. The van der Waals surface area contributed by atoms with Gasteiger partial charge in [-0.3, -0.25) is 9.59 Å². The van der Waals surface area contributed by atoms with Crippen LogP contribution in [0.2, 0.25) is 0 Å². The van der Waals surface area contributed by atoms with Crippen molar-refractivity contribution in [2.45, 2.75) is 0 Å². The van der Waals surface area contributed by atoms with E-state index in [4.69, 9.17) is 4.42 Å². The maximum atomic E-state index is 11.7. The third-order valence-electron chi connectivity index (χ3n) is 3.28. The number of aromatic amines is 1. The maximum absolute atomic E-state index is 11.7. The number of azo groups is 1. The van der Waals surface area contributed by atoms with E-state index in [1.807, 2.05) is 0 Å². The Hall–Kier alpha value is -3.68. The van der Waals surface area contributed by atoms with Gasteiger partial charge in [-0.1, -0.05) is 18.2 Å². The third-order valence-corrected chi connectivity index (χ3v) is 3.28. The topological polar surface area (TPSA) is 120 Å². The number of carbonyl (C=O) groups is 2. The highest BCUT2D eigenvalue weighted by Gasteiger charge is 2.10. The van der Waals surface area contributed by atoms with Gasteiger partial charge in [0.05, 0.1) is 11.8 Å². The minimum Gasteiger partial charge on any atom is -0.493 e. The number of aromatic hydroxyl groups is 1. The summed E-state index contributed by atoms with van der Waals surface area (Å²) in [6, 6.07) is 10.5. The van der Waals surface area contributed by atoms with Gasteiger partial charge in [-0.05, 0) is 24.3 Å². The molecule has 8 heteroatoms. The smallest absolute Gasteiger partial charge is 0.283 e. The summed E-state index contributed by atoms with van der Waals surface area (Å²) in [5.74, 6) is -0.765. The Kier molecular flexibility index (Phi) is 4.70. The summed E-state index contributed by atoms with van der Waals surface area (Å²) in [6.07, 6.45) is 4.21. The van der Waals surface area contributed by atoms with Gasteiger partial charge in [-0.15, -0.1) is 10.2 Å². The van der Waals surface area contributed by atoms with Crippen molar-refractivity contribution in [2.75, 3.05) is 6.54 Å². The monoisotopic (exact) mass is 338 g/mol. The summed E-state index contributed by atoms with van der Waals surface area (Å²) in [4.78, 5) is 26.0. The SMILES string of the molecule is O=C(CNC(=O)/C=C/c1ccco1)N=Nc1c(O)[nH]c2ccccc12. The first kappa shape index (κ1) is 16.2. The van der Waals surface area contributed by atoms with Crippen LogP contribution in [-0.2, 0) is 9.59 Å². The fourth-order valence-corrected chi connectivity index (χ4v) is 2.12. The molecule has 3 N–H and O–H groups in total. The van der Waals surface area contributed by atoms with Crippen LogP contribution in [0, 0.1) is 0 Å². The Morgan fingerprint density at radius 2 is 2.08 bits per heavy atom. The number of aromatic nitrogens is 1. The normalized spacial score (nSPS) is 11.5. The molecular weight excluding hydrogens is 324 g/mol. The number of para-hydroxylation sites is 1. The van der Waals surface area contributed by atoms with Gasteiger partial charge in [0.25, 0.3) is 5.91 Å². The molecular formula is C17H14N4O4. The van der Waals surface area contributed by atoms with Crippen molar-refractivity contribution in [3.8, 4) is 5.88 Å². The molecule has 0 aliphatic carbocycles. The average Bonchev–Trinajstić information content (AvgIpc) is 3.23. The molecule has 0 saturated heterocycles. The van der Waals surface area contributed by atoms with E-state index in [0.29, 0.717) is 16.7 Å². The molecule has 0 aliphatic rings. The summed E-state index contributed by atoms with van der Waals surface area (Å²) in [5.41, 5.74) is 0.853. The van der Waals surface area contributed by atoms with Crippen molar-refractivity contribution in [3.63, 3.8) is 0 Å². The highest BCUT2D eigenvalue weighted by atomic mass is 16.3. The lowest BCUT2D eigenvalue weighted by Crippen LogP contribution is -2.26. The summed E-state index contributed by atoms with van der Waals surface area (Å²) in [7, 11) is 0. The van der Waals surface area contributed by atoms with E-state index < -0.39 is 11.8 Å². The van der Waals surface area contributed by atoms with E-state index in [9.17, 15) is 14.7 Å².